The fraction of sp³-hybridized carbons (Fsp3) is 0.151. The summed E-state index contributed by atoms with van der Waals surface area (Å²) in [5, 5.41) is 0. The molecule has 0 spiro atoms. The van der Waals surface area contributed by atoms with Gasteiger partial charge in [0.2, 0.25) is 0 Å². The molecule has 0 unspecified atom stereocenters. The molecule has 2 aliphatic heterocycles. The van der Waals surface area contributed by atoms with Crippen molar-refractivity contribution in [2.75, 3.05) is 9.80 Å². The largest absolute Gasteiger partial charge is 0.310 e. The summed E-state index contributed by atoms with van der Waals surface area (Å²) >= 11 is 0. The van der Waals surface area contributed by atoms with Crippen molar-refractivity contribution in [2.45, 2.75) is 51.4 Å². The quantitative estimate of drug-likeness (QED) is 0.168. The van der Waals surface area contributed by atoms with E-state index in [1.807, 2.05) is 55.1 Å². The molecule has 0 N–H and O–H groups in total. The molecule has 0 fully saturated rings. The normalized spacial score (nSPS) is 17.5. The molecule has 0 bridgehead atoms. The number of para-hydroxylation sites is 2. The van der Waals surface area contributed by atoms with E-state index in [0.29, 0.717) is 11.1 Å². The topological polar surface area (TPSA) is 49.3 Å². The number of carbonyl (C=O) groups excluding carboxylic acids is 1. The third-order valence-corrected chi connectivity index (χ3v) is 12.9. The summed E-state index contributed by atoms with van der Waals surface area (Å²) in [7, 11) is 0. The predicted octanol–water partition coefficient (Wildman–Crippen LogP) is 12.6. The van der Waals surface area contributed by atoms with Crippen LogP contribution in [0.4, 0.5) is 22.7 Å². The molecule has 3 aliphatic carbocycles. The van der Waals surface area contributed by atoms with Gasteiger partial charge in [-0.05, 0) is 124 Å². The maximum atomic E-state index is 14.9. The number of allylic oxidation sites excluding steroid dienone is 6. The lowest BCUT2D eigenvalue weighted by molar-refractivity contribution is 0.104. The molecule has 5 nitrogen and oxygen atoms in total. The summed E-state index contributed by atoms with van der Waals surface area (Å²) in [4.78, 5) is 28.5. The minimum absolute atomic E-state index is 0.0230. The number of nitrogens with zero attached hydrogens (tertiary/aromatic N) is 4. The molecule has 2 aromatic heterocycles. The molecule has 4 aromatic carbocycles. The average molecular weight is 749 g/mol. The number of aromatic nitrogens is 2. The summed E-state index contributed by atoms with van der Waals surface area (Å²) in [5.41, 5.74) is 24.8. The molecule has 58 heavy (non-hydrogen) atoms. The predicted molar refractivity (Wildman–Crippen MR) is 234 cm³/mol. The van der Waals surface area contributed by atoms with Gasteiger partial charge in [-0.15, -0.1) is 0 Å². The Kier molecular flexibility index (Phi) is 7.37. The second-order valence-corrected chi connectivity index (χ2v) is 16.7. The van der Waals surface area contributed by atoms with Crippen molar-refractivity contribution in [1.29, 1.82) is 0 Å². The van der Waals surface area contributed by atoms with Gasteiger partial charge in [-0.3, -0.25) is 14.8 Å². The van der Waals surface area contributed by atoms with Gasteiger partial charge >= 0.3 is 0 Å². The van der Waals surface area contributed by atoms with Crippen molar-refractivity contribution in [3.05, 3.63) is 202 Å². The number of carbonyl (C=O) groups is 1. The fourth-order valence-electron chi connectivity index (χ4n) is 10.0. The van der Waals surface area contributed by atoms with Gasteiger partial charge in [-0.1, -0.05) is 87.7 Å². The van der Waals surface area contributed by atoms with E-state index >= 15 is 0 Å². The van der Waals surface area contributed by atoms with E-state index in [-0.39, 0.29) is 16.6 Å². The lowest BCUT2D eigenvalue weighted by atomic mass is 9.70. The van der Waals surface area contributed by atoms with Gasteiger partial charge in [-0.2, -0.15) is 0 Å². The molecule has 0 atom stereocenters. The van der Waals surface area contributed by atoms with E-state index in [4.69, 9.17) is 0 Å². The standard InChI is InChI=1S/C53H40N4O/c1-52(2)41-13-5-9-17-45(41)56(46-18-10-6-14-42(46)52)49-31-37-38-32-50(57-47-19-11-7-15-43(47)53(3,4)44-16-8-12-20-48(44)57)36(34-23-27-55-28-24-34)30-40(38)51(58)39(37)29-35(49)33-21-25-54-26-22-33/h5,7,9,11,13-32H,6,10H2,1-4H3. The third-order valence-electron chi connectivity index (χ3n) is 12.9. The Labute approximate surface area is 339 Å². The molecule has 4 heterocycles. The lowest BCUT2D eigenvalue weighted by Crippen LogP contribution is -2.36. The minimum atomic E-state index is -0.261. The van der Waals surface area contributed by atoms with Gasteiger partial charge in [0.1, 0.15) is 0 Å². The number of pyridine rings is 2. The lowest BCUT2D eigenvalue weighted by Gasteiger charge is -2.46. The zero-order valence-electron chi connectivity index (χ0n) is 33.0. The Bertz CT molecular complexity index is 2990. The summed E-state index contributed by atoms with van der Waals surface area (Å²) in [6, 6.07) is 34.4. The molecule has 6 aromatic rings. The zero-order chi connectivity index (χ0) is 39.3. The monoisotopic (exact) mass is 748 g/mol. The van der Waals surface area contributed by atoms with Gasteiger partial charge in [-0.25, -0.2) is 0 Å². The molecule has 5 aliphatic rings. The minimum Gasteiger partial charge on any atom is -0.310 e. The van der Waals surface area contributed by atoms with Crippen LogP contribution in [0.2, 0.25) is 0 Å². The number of benzene rings is 4. The van der Waals surface area contributed by atoms with Crippen LogP contribution in [0, 0.1) is 0 Å². The van der Waals surface area contributed by atoms with Crippen molar-refractivity contribution in [3.8, 4) is 33.4 Å². The summed E-state index contributed by atoms with van der Waals surface area (Å²) in [5.74, 6) is 0.0230. The molecule has 0 saturated carbocycles. The van der Waals surface area contributed by atoms with Gasteiger partial charge in [0.05, 0.1) is 28.4 Å². The van der Waals surface area contributed by atoms with Crippen LogP contribution < -0.4 is 9.80 Å². The second kappa shape index (κ2) is 12.5. The average Bonchev–Trinajstić information content (AvgIpc) is 3.53. The summed E-state index contributed by atoms with van der Waals surface area (Å²) < 4.78 is 0. The van der Waals surface area contributed by atoms with E-state index < -0.39 is 0 Å². The van der Waals surface area contributed by atoms with Crippen LogP contribution in [0.25, 0.3) is 33.4 Å². The molecule has 5 heteroatoms. The van der Waals surface area contributed by atoms with Gasteiger partial charge < -0.3 is 9.80 Å². The van der Waals surface area contributed by atoms with E-state index in [9.17, 15) is 4.79 Å². The third kappa shape index (κ3) is 4.82. The highest BCUT2D eigenvalue weighted by atomic mass is 16.1. The maximum absolute atomic E-state index is 14.9. The number of ketones is 1. The molecular weight excluding hydrogens is 709 g/mol. The summed E-state index contributed by atoms with van der Waals surface area (Å²) in [6.45, 7) is 9.24. The maximum Gasteiger partial charge on any atom is 0.194 e. The number of rotatable bonds is 4. The smallest absolute Gasteiger partial charge is 0.194 e. The van der Waals surface area contributed by atoms with Crippen LogP contribution >= 0.6 is 0 Å². The Morgan fingerprint density at radius 3 is 1.67 bits per heavy atom. The Balaban J connectivity index is 1.20. The van der Waals surface area contributed by atoms with Crippen molar-refractivity contribution in [3.63, 3.8) is 0 Å². The van der Waals surface area contributed by atoms with Crippen LogP contribution in [0.3, 0.4) is 0 Å². The highest BCUT2D eigenvalue weighted by Crippen LogP contribution is 2.57. The van der Waals surface area contributed by atoms with Crippen LogP contribution in [-0.4, -0.2) is 15.8 Å². The van der Waals surface area contributed by atoms with E-state index in [1.54, 1.807) is 0 Å². The first kappa shape index (κ1) is 34.2. The van der Waals surface area contributed by atoms with Gasteiger partial charge in [0.15, 0.2) is 5.78 Å². The van der Waals surface area contributed by atoms with Crippen LogP contribution in [0.1, 0.15) is 67.6 Å². The molecule has 0 radical (unpaired) electrons. The van der Waals surface area contributed by atoms with E-state index in [1.165, 1.54) is 28.0 Å². The van der Waals surface area contributed by atoms with E-state index in [0.717, 1.165) is 74.7 Å². The first-order chi connectivity index (χ1) is 28.2. The number of hydrogen-bond donors (Lipinski definition) is 0. The SMILES string of the molecule is CC1(C)C2=CCCC=C2N(c2cc3c(cc2-c2ccncc2)C(=O)c2cc(-c4ccncc4)c(N4C5=C(C=C=C=C5)C(C)(C)c5ccccc54)cc2-3)c2ccccc21. The van der Waals surface area contributed by atoms with Crippen LogP contribution in [0.5, 0.6) is 0 Å². The van der Waals surface area contributed by atoms with Crippen molar-refractivity contribution < 1.29 is 4.79 Å². The Morgan fingerprint density at radius 1 is 0.534 bits per heavy atom. The first-order valence-corrected chi connectivity index (χ1v) is 20.1. The van der Waals surface area contributed by atoms with Crippen molar-refractivity contribution >= 4 is 28.5 Å². The first-order valence-electron chi connectivity index (χ1n) is 20.1. The highest BCUT2D eigenvalue weighted by molar-refractivity contribution is 6.24. The molecular formula is C53H40N4O. The van der Waals surface area contributed by atoms with Crippen molar-refractivity contribution in [1.82, 2.24) is 9.97 Å². The van der Waals surface area contributed by atoms with Gasteiger partial charge in [0.25, 0.3) is 0 Å². The molecule has 0 saturated heterocycles. The van der Waals surface area contributed by atoms with Gasteiger partial charge in [0, 0.05) is 69.6 Å². The van der Waals surface area contributed by atoms with E-state index in [2.05, 4.69) is 150 Å². The van der Waals surface area contributed by atoms with Crippen LogP contribution in [0.15, 0.2) is 180 Å². The molecule has 278 valence electrons. The highest BCUT2D eigenvalue weighted by Gasteiger charge is 2.42. The van der Waals surface area contributed by atoms with Crippen molar-refractivity contribution in [2.24, 2.45) is 0 Å². The molecule has 11 rings (SSSR count). The molecule has 0 amide bonds. The number of fused-ring (bicyclic) bond motifs is 6. The number of hydrogen-bond acceptors (Lipinski definition) is 5. The zero-order valence-corrected chi connectivity index (χ0v) is 33.0. The Hall–Kier alpha value is -7.03. The Morgan fingerprint density at radius 2 is 1.05 bits per heavy atom. The summed E-state index contributed by atoms with van der Waals surface area (Å²) in [6.07, 6.45) is 18.2. The second-order valence-electron chi connectivity index (χ2n) is 16.7. The number of anilines is 4. The van der Waals surface area contributed by atoms with Crippen LogP contribution in [-0.2, 0) is 10.8 Å². The fourth-order valence-corrected chi connectivity index (χ4v) is 10.0.